The zero-order valence-corrected chi connectivity index (χ0v) is 19.9. The number of carbonyl (C=O) groups is 2. The van der Waals surface area contributed by atoms with Crippen LogP contribution in [0.4, 0.5) is 13.2 Å². The van der Waals surface area contributed by atoms with Crippen LogP contribution >= 0.6 is 0 Å². The summed E-state index contributed by atoms with van der Waals surface area (Å²) >= 11 is 0. The molecule has 0 bridgehead atoms. The van der Waals surface area contributed by atoms with Crippen LogP contribution in [-0.2, 0) is 22.4 Å². The standard InChI is InChI=1S/C23H24N4O3.C2HF3O2/c1-29-15-16-30-22-18-10-13-27(23(28)20-9-5-6-12-24-20)14-11-19(18)25-21(26-22)17-7-3-2-4-8-17;3-2(4,5)1(6)7/h2-9,12H,10-11,13-16H2,1H3;(H,6,7). The lowest BCUT2D eigenvalue weighted by atomic mass is 10.1. The van der Waals surface area contributed by atoms with Crippen molar-refractivity contribution in [3.63, 3.8) is 0 Å². The van der Waals surface area contributed by atoms with Crippen molar-refractivity contribution in [2.24, 2.45) is 0 Å². The molecule has 3 aromatic rings. The number of pyridine rings is 1. The minimum absolute atomic E-state index is 0.0681. The number of hydrogen-bond acceptors (Lipinski definition) is 7. The van der Waals surface area contributed by atoms with Gasteiger partial charge in [0, 0.05) is 43.9 Å². The molecule has 0 spiro atoms. The second-order valence-electron chi connectivity index (χ2n) is 7.79. The van der Waals surface area contributed by atoms with Crippen LogP contribution in [0, 0.1) is 0 Å². The molecule has 3 heterocycles. The number of rotatable bonds is 6. The van der Waals surface area contributed by atoms with E-state index in [0.29, 0.717) is 56.5 Å². The fourth-order valence-corrected chi connectivity index (χ4v) is 3.48. The Kier molecular flexibility index (Phi) is 9.50. The molecule has 37 heavy (non-hydrogen) atoms. The van der Waals surface area contributed by atoms with Crippen LogP contribution in [0.3, 0.4) is 0 Å². The molecule has 4 rings (SSSR count). The van der Waals surface area contributed by atoms with E-state index in [1.807, 2.05) is 41.3 Å². The molecule has 0 saturated carbocycles. The Morgan fingerprint density at radius 2 is 1.68 bits per heavy atom. The molecule has 1 aromatic carbocycles. The summed E-state index contributed by atoms with van der Waals surface area (Å²) in [5.74, 6) is -1.62. The third kappa shape index (κ3) is 7.71. The average Bonchev–Trinajstić information content (AvgIpc) is 3.12. The van der Waals surface area contributed by atoms with Crippen molar-refractivity contribution >= 4 is 11.9 Å². The zero-order chi connectivity index (χ0) is 26.8. The summed E-state index contributed by atoms with van der Waals surface area (Å²) in [7, 11) is 1.64. The van der Waals surface area contributed by atoms with Crippen molar-refractivity contribution in [1.82, 2.24) is 19.9 Å². The van der Waals surface area contributed by atoms with Gasteiger partial charge in [-0.25, -0.2) is 9.78 Å². The highest BCUT2D eigenvalue weighted by atomic mass is 19.4. The van der Waals surface area contributed by atoms with Gasteiger partial charge in [0.2, 0.25) is 5.88 Å². The van der Waals surface area contributed by atoms with Crippen LogP contribution in [0.5, 0.6) is 5.88 Å². The topological polar surface area (TPSA) is 115 Å². The summed E-state index contributed by atoms with van der Waals surface area (Å²) in [4.78, 5) is 37.3. The molecule has 1 N–H and O–H groups in total. The van der Waals surface area contributed by atoms with Gasteiger partial charge in [-0.15, -0.1) is 0 Å². The molecule has 0 aliphatic carbocycles. The molecule has 0 unspecified atom stereocenters. The maximum atomic E-state index is 12.9. The second-order valence-corrected chi connectivity index (χ2v) is 7.79. The number of methoxy groups -OCH3 is 1. The summed E-state index contributed by atoms with van der Waals surface area (Å²) in [5, 5.41) is 7.12. The van der Waals surface area contributed by atoms with Gasteiger partial charge in [0.15, 0.2) is 5.82 Å². The fraction of sp³-hybridized carbons (Fsp3) is 0.320. The normalized spacial score (nSPS) is 13.0. The molecule has 0 radical (unpaired) electrons. The van der Waals surface area contributed by atoms with Crippen molar-refractivity contribution in [3.8, 4) is 17.3 Å². The monoisotopic (exact) mass is 518 g/mol. The van der Waals surface area contributed by atoms with Crippen LogP contribution in [-0.4, -0.2) is 76.4 Å². The van der Waals surface area contributed by atoms with Gasteiger partial charge < -0.3 is 19.5 Å². The van der Waals surface area contributed by atoms with Crippen molar-refractivity contribution in [3.05, 3.63) is 71.7 Å². The highest BCUT2D eigenvalue weighted by Crippen LogP contribution is 2.27. The highest BCUT2D eigenvalue weighted by Gasteiger charge is 2.38. The summed E-state index contributed by atoms with van der Waals surface area (Å²) in [6, 6.07) is 15.2. The van der Waals surface area contributed by atoms with Crippen LogP contribution in [0.25, 0.3) is 11.4 Å². The van der Waals surface area contributed by atoms with Crippen LogP contribution in [0.1, 0.15) is 21.7 Å². The number of carbonyl (C=O) groups excluding carboxylic acids is 1. The molecule has 196 valence electrons. The molecule has 1 aliphatic rings. The minimum Gasteiger partial charge on any atom is -0.475 e. The lowest BCUT2D eigenvalue weighted by molar-refractivity contribution is -0.192. The van der Waals surface area contributed by atoms with Gasteiger partial charge in [-0.2, -0.15) is 18.2 Å². The summed E-state index contributed by atoms with van der Waals surface area (Å²) in [6.07, 6.45) is -2.18. The Labute approximate surface area is 210 Å². The summed E-state index contributed by atoms with van der Waals surface area (Å²) < 4.78 is 42.8. The Bertz CT molecular complexity index is 1190. The molecule has 1 aliphatic heterocycles. The molecular formula is C25H25F3N4O5. The Balaban J connectivity index is 0.000000479. The van der Waals surface area contributed by atoms with E-state index < -0.39 is 12.1 Å². The number of carboxylic acid groups (broad SMARTS) is 1. The lowest BCUT2D eigenvalue weighted by Gasteiger charge is -2.19. The van der Waals surface area contributed by atoms with Crippen molar-refractivity contribution in [1.29, 1.82) is 0 Å². The maximum absolute atomic E-state index is 12.9. The number of alkyl halides is 3. The largest absolute Gasteiger partial charge is 0.490 e. The molecule has 0 saturated heterocycles. The Hall–Kier alpha value is -4.06. The van der Waals surface area contributed by atoms with Gasteiger partial charge in [0.1, 0.15) is 12.3 Å². The van der Waals surface area contributed by atoms with Crippen molar-refractivity contribution in [2.75, 3.05) is 33.4 Å². The number of aromatic nitrogens is 3. The first-order valence-corrected chi connectivity index (χ1v) is 11.3. The first-order chi connectivity index (χ1) is 17.7. The highest BCUT2D eigenvalue weighted by molar-refractivity contribution is 5.92. The average molecular weight is 518 g/mol. The molecular weight excluding hydrogens is 493 g/mol. The maximum Gasteiger partial charge on any atom is 0.490 e. The van der Waals surface area contributed by atoms with Gasteiger partial charge in [-0.3, -0.25) is 9.78 Å². The van der Waals surface area contributed by atoms with E-state index in [9.17, 15) is 18.0 Å². The molecule has 2 aromatic heterocycles. The number of hydrogen-bond donors (Lipinski definition) is 1. The minimum atomic E-state index is -5.08. The van der Waals surface area contributed by atoms with Crippen molar-refractivity contribution in [2.45, 2.75) is 19.0 Å². The number of ether oxygens (including phenoxy) is 2. The fourth-order valence-electron chi connectivity index (χ4n) is 3.48. The predicted molar refractivity (Wildman–Crippen MR) is 126 cm³/mol. The van der Waals surface area contributed by atoms with Crippen LogP contribution in [0.2, 0.25) is 0 Å². The van der Waals surface area contributed by atoms with Crippen LogP contribution < -0.4 is 4.74 Å². The van der Waals surface area contributed by atoms with E-state index in [4.69, 9.17) is 29.3 Å². The summed E-state index contributed by atoms with van der Waals surface area (Å²) in [5.41, 5.74) is 3.27. The Morgan fingerprint density at radius 1 is 1.00 bits per heavy atom. The van der Waals surface area contributed by atoms with Crippen molar-refractivity contribution < 1.29 is 37.3 Å². The molecule has 9 nitrogen and oxygen atoms in total. The number of aliphatic carboxylic acids is 1. The van der Waals surface area contributed by atoms with Gasteiger partial charge in [-0.1, -0.05) is 36.4 Å². The number of carboxylic acids is 1. The lowest BCUT2D eigenvalue weighted by Crippen LogP contribution is -2.33. The van der Waals surface area contributed by atoms with E-state index in [-0.39, 0.29) is 5.91 Å². The van der Waals surface area contributed by atoms with Crippen LogP contribution in [0.15, 0.2) is 54.7 Å². The quantitative estimate of drug-likeness (QED) is 0.494. The smallest absolute Gasteiger partial charge is 0.475 e. The van der Waals surface area contributed by atoms with E-state index in [2.05, 4.69) is 4.98 Å². The van der Waals surface area contributed by atoms with E-state index in [1.54, 1.807) is 25.4 Å². The molecule has 12 heteroatoms. The third-order valence-electron chi connectivity index (χ3n) is 5.28. The van der Waals surface area contributed by atoms with Gasteiger partial charge in [0.25, 0.3) is 5.91 Å². The third-order valence-corrected chi connectivity index (χ3v) is 5.28. The van der Waals surface area contributed by atoms with Gasteiger partial charge >= 0.3 is 12.1 Å². The van der Waals surface area contributed by atoms with E-state index in [0.717, 1.165) is 16.8 Å². The van der Waals surface area contributed by atoms with Gasteiger partial charge in [0.05, 0.1) is 12.3 Å². The second kappa shape index (κ2) is 12.8. The number of halogens is 3. The Morgan fingerprint density at radius 3 is 2.30 bits per heavy atom. The first-order valence-electron chi connectivity index (χ1n) is 11.3. The number of fused-ring (bicyclic) bond motifs is 1. The van der Waals surface area contributed by atoms with E-state index >= 15 is 0 Å². The predicted octanol–water partition coefficient (Wildman–Crippen LogP) is 3.44. The molecule has 1 amide bonds. The number of amides is 1. The number of nitrogens with zero attached hydrogens (tertiary/aromatic N) is 4. The SMILES string of the molecule is COCCOc1nc(-c2ccccc2)nc2c1CCN(C(=O)c1ccccn1)CC2.O=C(O)C(F)(F)F. The van der Waals surface area contributed by atoms with Gasteiger partial charge in [-0.05, 0) is 18.6 Å². The van der Waals surface area contributed by atoms with E-state index in [1.165, 1.54) is 0 Å². The first kappa shape index (κ1) is 27.5. The number of benzene rings is 1. The summed E-state index contributed by atoms with van der Waals surface area (Å²) in [6.45, 7) is 2.02. The molecule has 0 atom stereocenters. The zero-order valence-electron chi connectivity index (χ0n) is 19.9. The molecule has 0 fully saturated rings.